The van der Waals surface area contributed by atoms with Crippen molar-refractivity contribution in [1.29, 1.82) is 0 Å². The third-order valence-corrected chi connectivity index (χ3v) is 2.15. The van der Waals surface area contributed by atoms with E-state index in [1.807, 2.05) is 5.32 Å². The summed E-state index contributed by atoms with van der Waals surface area (Å²) in [6.07, 6.45) is -0.271. The van der Waals surface area contributed by atoms with Gasteiger partial charge in [-0.25, -0.2) is 22.0 Å². The smallest absolute Gasteiger partial charge is 0.307 e. The van der Waals surface area contributed by atoms with Crippen molar-refractivity contribution in [3.05, 3.63) is 29.1 Å². The molecule has 0 unspecified atom stereocenters. The van der Waals surface area contributed by atoms with Gasteiger partial charge in [0.2, 0.25) is 5.82 Å². The van der Waals surface area contributed by atoms with Gasteiger partial charge in [-0.2, -0.15) is 0 Å². The highest BCUT2D eigenvalue weighted by atomic mass is 19.2. The number of carbonyl (C=O) groups is 1. The van der Waals surface area contributed by atoms with Crippen molar-refractivity contribution in [2.45, 2.75) is 13.3 Å². The number of benzene rings is 1. The van der Waals surface area contributed by atoms with Crippen molar-refractivity contribution in [3.63, 3.8) is 0 Å². The number of carbonyl (C=O) groups excluding carboxylic acids is 1. The van der Waals surface area contributed by atoms with E-state index < -0.39 is 40.7 Å². The molecule has 0 radical (unpaired) electrons. The van der Waals surface area contributed by atoms with Crippen molar-refractivity contribution in [3.8, 4) is 0 Å². The van der Waals surface area contributed by atoms with Crippen LogP contribution < -0.4 is 5.32 Å². The number of rotatable bonds is 5. The lowest BCUT2D eigenvalue weighted by Gasteiger charge is -2.10. The van der Waals surface area contributed by atoms with Crippen LogP contribution in [-0.2, 0) is 9.53 Å². The van der Waals surface area contributed by atoms with E-state index in [-0.39, 0.29) is 19.6 Å². The van der Waals surface area contributed by atoms with Gasteiger partial charge >= 0.3 is 5.97 Å². The number of hydrogen-bond donors (Lipinski definition) is 1. The minimum atomic E-state index is -2.23. The zero-order chi connectivity index (χ0) is 14.6. The van der Waals surface area contributed by atoms with Crippen molar-refractivity contribution in [1.82, 2.24) is 0 Å². The summed E-state index contributed by atoms with van der Waals surface area (Å²) in [5.41, 5.74) is -1.17. The van der Waals surface area contributed by atoms with Gasteiger partial charge in [0.25, 0.3) is 0 Å². The lowest BCUT2D eigenvalue weighted by Crippen LogP contribution is -2.15. The van der Waals surface area contributed by atoms with Gasteiger partial charge in [0, 0.05) is 6.54 Å². The molecule has 0 bridgehead atoms. The highest BCUT2D eigenvalue weighted by Crippen LogP contribution is 2.26. The van der Waals surface area contributed by atoms with Gasteiger partial charge in [-0.15, -0.1) is 0 Å². The molecule has 0 aromatic heterocycles. The molecule has 0 heterocycles. The normalized spacial score (nSPS) is 10.4. The number of halogens is 5. The summed E-state index contributed by atoms with van der Waals surface area (Å²) in [6, 6.07) is 0. The number of anilines is 1. The van der Waals surface area contributed by atoms with Gasteiger partial charge in [-0.3, -0.25) is 4.79 Å². The van der Waals surface area contributed by atoms with E-state index in [0.29, 0.717) is 0 Å². The Balaban J connectivity index is 2.82. The van der Waals surface area contributed by atoms with E-state index in [4.69, 9.17) is 0 Å². The third kappa shape index (κ3) is 3.33. The molecule has 106 valence electrons. The fourth-order valence-electron chi connectivity index (χ4n) is 1.28. The zero-order valence-electron chi connectivity index (χ0n) is 9.83. The van der Waals surface area contributed by atoms with E-state index in [1.54, 1.807) is 6.92 Å². The van der Waals surface area contributed by atoms with E-state index in [2.05, 4.69) is 4.74 Å². The second kappa shape index (κ2) is 6.35. The molecule has 1 aromatic carbocycles. The fraction of sp³-hybridized carbons (Fsp3) is 0.364. The maximum atomic E-state index is 13.2. The van der Waals surface area contributed by atoms with Gasteiger partial charge in [0.15, 0.2) is 23.3 Å². The number of nitrogens with one attached hydrogen (secondary N) is 1. The van der Waals surface area contributed by atoms with Crippen LogP contribution in [0, 0.1) is 29.1 Å². The third-order valence-electron chi connectivity index (χ3n) is 2.15. The molecule has 0 saturated carbocycles. The van der Waals surface area contributed by atoms with E-state index in [0.717, 1.165) is 0 Å². The van der Waals surface area contributed by atoms with Crippen LogP contribution in [0.25, 0.3) is 0 Å². The highest BCUT2D eigenvalue weighted by Gasteiger charge is 2.25. The van der Waals surface area contributed by atoms with Crippen LogP contribution >= 0.6 is 0 Å². The van der Waals surface area contributed by atoms with Gasteiger partial charge in [-0.1, -0.05) is 0 Å². The average molecular weight is 283 g/mol. The lowest BCUT2D eigenvalue weighted by molar-refractivity contribution is -0.142. The van der Waals surface area contributed by atoms with Crippen LogP contribution in [0.3, 0.4) is 0 Å². The van der Waals surface area contributed by atoms with E-state index >= 15 is 0 Å². The largest absolute Gasteiger partial charge is 0.466 e. The van der Waals surface area contributed by atoms with Crippen LogP contribution in [0.5, 0.6) is 0 Å². The Hall–Kier alpha value is -1.86. The van der Waals surface area contributed by atoms with E-state index in [1.165, 1.54) is 0 Å². The minimum Gasteiger partial charge on any atom is -0.466 e. The van der Waals surface area contributed by atoms with Crippen molar-refractivity contribution in [2.75, 3.05) is 18.5 Å². The Labute approximate surface area is 105 Å². The summed E-state index contributed by atoms with van der Waals surface area (Å²) in [5.74, 6) is -10.9. The second-order valence-corrected chi connectivity index (χ2v) is 3.43. The van der Waals surface area contributed by atoms with Gasteiger partial charge in [-0.05, 0) is 6.92 Å². The maximum absolute atomic E-state index is 13.2. The Bertz CT molecular complexity index is 463. The molecule has 0 aliphatic rings. The Kier molecular flexibility index (Phi) is 5.08. The summed E-state index contributed by atoms with van der Waals surface area (Å²) in [6.45, 7) is 1.37. The molecule has 3 nitrogen and oxygen atoms in total. The fourth-order valence-corrected chi connectivity index (χ4v) is 1.28. The number of hydrogen-bond acceptors (Lipinski definition) is 3. The molecule has 1 aromatic rings. The van der Waals surface area contributed by atoms with Crippen LogP contribution in [0.1, 0.15) is 13.3 Å². The molecule has 1 rings (SSSR count). The standard InChI is InChI=1S/C11H10F5NO2/c1-2-19-5(18)3-4-17-11-9(15)7(13)6(12)8(14)10(11)16/h17H,2-4H2,1H3. The summed E-state index contributed by atoms with van der Waals surface area (Å²) in [4.78, 5) is 10.9. The highest BCUT2D eigenvalue weighted by molar-refractivity contribution is 5.70. The van der Waals surface area contributed by atoms with Crippen LogP contribution in [0.4, 0.5) is 27.6 Å². The predicted molar refractivity (Wildman–Crippen MR) is 56.0 cm³/mol. The van der Waals surface area contributed by atoms with Crippen molar-refractivity contribution in [2.24, 2.45) is 0 Å². The quantitative estimate of drug-likeness (QED) is 0.391. The topological polar surface area (TPSA) is 38.3 Å². The first-order chi connectivity index (χ1) is 8.90. The van der Waals surface area contributed by atoms with Crippen LogP contribution in [0.2, 0.25) is 0 Å². The SMILES string of the molecule is CCOC(=O)CCNc1c(F)c(F)c(F)c(F)c1F. The minimum absolute atomic E-state index is 0.126. The first kappa shape index (κ1) is 15.2. The molecule has 8 heteroatoms. The maximum Gasteiger partial charge on any atom is 0.307 e. The summed E-state index contributed by atoms with van der Waals surface area (Å²) < 4.78 is 69.2. The summed E-state index contributed by atoms with van der Waals surface area (Å²) in [7, 11) is 0. The van der Waals surface area contributed by atoms with Gasteiger partial charge in [0.1, 0.15) is 5.69 Å². The molecule has 1 N–H and O–H groups in total. The molecular weight excluding hydrogens is 273 g/mol. The molecule has 0 fully saturated rings. The summed E-state index contributed by atoms with van der Waals surface area (Å²) >= 11 is 0. The first-order valence-corrected chi connectivity index (χ1v) is 5.31. The second-order valence-electron chi connectivity index (χ2n) is 3.43. The molecular formula is C11H10F5NO2. The van der Waals surface area contributed by atoms with Crippen LogP contribution in [0.15, 0.2) is 0 Å². The average Bonchev–Trinajstić information content (AvgIpc) is 2.38. The molecule has 19 heavy (non-hydrogen) atoms. The van der Waals surface area contributed by atoms with E-state index in [9.17, 15) is 26.7 Å². The Morgan fingerprint density at radius 2 is 1.47 bits per heavy atom. The molecule has 0 spiro atoms. The molecule has 0 saturated heterocycles. The first-order valence-electron chi connectivity index (χ1n) is 5.31. The number of ether oxygens (including phenoxy) is 1. The monoisotopic (exact) mass is 283 g/mol. The van der Waals surface area contributed by atoms with Gasteiger partial charge < -0.3 is 10.1 Å². The van der Waals surface area contributed by atoms with Crippen molar-refractivity contribution >= 4 is 11.7 Å². The number of esters is 1. The molecule has 0 amide bonds. The zero-order valence-corrected chi connectivity index (χ0v) is 9.83. The van der Waals surface area contributed by atoms with Crippen molar-refractivity contribution < 1.29 is 31.5 Å². The summed E-state index contributed by atoms with van der Waals surface area (Å²) in [5, 5.41) is 1.98. The lowest BCUT2D eigenvalue weighted by atomic mass is 10.2. The Morgan fingerprint density at radius 1 is 1.00 bits per heavy atom. The Morgan fingerprint density at radius 3 is 1.95 bits per heavy atom. The molecule has 0 atom stereocenters. The van der Waals surface area contributed by atoms with Gasteiger partial charge in [0.05, 0.1) is 13.0 Å². The molecule has 0 aliphatic carbocycles. The van der Waals surface area contributed by atoms with Crippen LogP contribution in [-0.4, -0.2) is 19.1 Å². The predicted octanol–water partition coefficient (Wildman–Crippen LogP) is 2.75. The molecule has 0 aliphatic heterocycles.